The Morgan fingerprint density at radius 3 is 2.62 bits per heavy atom. The molecule has 6 heteroatoms. The first-order valence-electron chi connectivity index (χ1n) is 4.87. The SMILES string of the molecule is NCC[C@H](N)c1ccc2c(c1)OC(F)(F)O2. The van der Waals surface area contributed by atoms with Crippen LogP contribution in [0.4, 0.5) is 8.78 Å². The topological polar surface area (TPSA) is 70.5 Å². The number of hydrogen-bond donors (Lipinski definition) is 2. The first-order valence-corrected chi connectivity index (χ1v) is 4.87. The molecule has 0 bridgehead atoms. The van der Waals surface area contributed by atoms with E-state index in [1.54, 1.807) is 6.07 Å². The first kappa shape index (κ1) is 11.1. The smallest absolute Gasteiger partial charge is 0.395 e. The van der Waals surface area contributed by atoms with Crippen LogP contribution in [0.25, 0.3) is 0 Å². The molecule has 1 aromatic rings. The quantitative estimate of drug-likeness (QED) is 0.822. The van der Waals surface area contributed by atoms with Crippen LogP contribution >= 0.6 is 0 Å². The second-order valence-corrected chi connectivity index (χ2v) is 3.56. The van der Waals surface area contributed by atoms with Gasteiger partial charge in [-0.3, -0.25) is 0 Å². The zero-order valence-electron chi connectivity index (χ0n) is 8.45. The largest absolute Gasteiger partial charge is 0.586 e. The number of ether oxygens (including phenoxy) is 2. The van der Waals surface area contributed by atoms with Gasteiger partial charge >= 0.3 is 6.29 Å². The van der Waals surface area contributed by atoms with Gasteiger partial charge in [-0.2, -0.15) is 0 Å². The van der Waals surface area contributed by atoms with Gasteiger partial charge in [-0.25, -0.2) is 0 Å². The Balaban J connectivity index is 2.22. The van der Waals surface area contributed by atoms with E-state index in [-0.39, 0.29) is 17.5 Å². The van der Waals surface area contributed by atoms with Crippen molar-refractivity contribution in [2.75, 3.05) is 6.54 Å². The van der Waals surface area contributed by atoms with Gasteiger partial charge < -0.3 is 20.9 Å². The molecule has 4 N–H and O–H groups in total. The standard InChI is InChI=1S/C10H12F2N2O2/c11-10(12)15-8-2-1-6(5-9(8)16-10)7(14)3-4-13/h1-2,5,7H,3-4,13-14H2/t7-/m0/s1. The van der Waals surface area contributed by atoms with Gasteiger partial charge in [0.2, 0.25) is 0 Å². The number of hydrogen-bond acceptors (Lipinski definition) is 4. The molecule has 1 aromatic carbocycles. The Morgan fingerprint density at radius 1 is 1.25 bits per heavy atom. The molecule has 1 aliphatic rings. The molecule has 0 saturated carbocycles. The van der Waals surface area contributed by atoms with Gasteiger partial charge in [0.25, 0.3) is 0 Å². The van der Waals surface area contributed by atoms with Gasteiger partial charge in [-0.1, -0.05) is 6.07 Å². The molecule has 1 aliphatic heterocycles. The van der Waals surface area contributed by atoms with Crippen LogP contribution in [0.1, 0.15) is 18.0 Å². The highest BCUT2D eigenvalue weighted by molar-refractivity contribution is 5.45. The fraction of sp³-hybridized carbons (Fsp3) is 0.400. The van der Waals surface area contributed by atoms with E-state index in [4.69, 9.17) is 11.5 Å². The lowest BCUT2D eigenvalue weighted by molar-refractivity contribution is -0.286. The normalized spacial score (nSPS) is 18.5. The molecule has 0 spiro atoms. The zero-order valence-corrected chi connectivity index (χ0v) is 8.45. The van der Waals surface area contributed by atoms with E-state index in [1.165, 1.54) is 12.1 Å². The molecule has 4 nitrogen and oxygen atoms in total. The summed E-state index contributed by atoms with van der Waals surface area (Å²) in [6.07, 6.45) is -3.01. The van der Waals surface area contributed by atoms with Crippen LogP contribution in [-0.2, 0) is 0 Å². The molecule has 0 unspecified atom stereocenters. The molecule has 0 aromatic heterocycles. The van der Waals surface area contributed by atoms with Crippen LogP contribution in [0, 0.1) is 0 Å². The molecule has 0 amide bonds. The Kier molecular flexibility index (Phi) is 2.69. The molecule has 0 fully saturated rings. The van der Waals surface area contributed by atoms with Crippen molar-refractivity contribution in [2.45, 2.75) is 18.8 Å². The van der Waals surface area contributed by atoms with Crippen molar-refractivity contribution in [1.82, 2.24) is 0 Å². The number of halogens is 2. The van der Waals surface area contributed by atoms with Crippen molar-refractivity contribution >= 4 is 0 Å². The van der Waals surface area contributed by atoms with Crippen LogP contribution in [0.15, 0.2) is 18.2 Å². The lowest BCUT2D eigenvalue weighted by Gasteiger charge is -2.10. The summed E-state index contributed by atoms with van der Waals surface area (Å²) in [6.45, 7) is 0.436. The van der Waals surface area contributed by atoms with Crippen LogP contribution < -0.4 is 20.9 Å². The lowest BCUT2D eigenvalue weighted by atomic mass is 10.0. The maximum atomic E-state index is 12.7. The van der Waals surface area contributed by atoms with Crippen molar-refractivity contribution in [3.8, 4) is 11.5 Å². The molecule has 2 rings (SSSR count). The summed E-state index contributed by atoms with van der Waals surface area (Å²) >= 11 is 0. The Morgan fingerprint density at radius 2 is 1.94 bits per heavy atom. The predicted molar refractivity (Wildman–Crippen MR) is 53.2 cm³/mol. The molecule has 1 atom stereocenters. The highest BCUT2D eigenvalue weighted by Gasteiger charge is 2.43. The third kappa shape index (κ3) is 2.07. The summed E-state index contributed by atoms with van der Waals surface area (Å²) in [7, 11) is 0. The average Bonchev–Trinajstić information content (AvgIpc) is 2.50. The molecule has 1 heterocycles. The third-order valence-electron chi connectivity index (χ3n) is 2.33. The van der Waals surface area contributed by atoms with E-state index in [2.05, 4.69) is 9.47 Å². The molecule has 88 valence electrons. The Bertz CT molecular complexity index is 398. The number of alkyl halides is 2. The van der Waals surface area contributed by atoms with E-state index in [9.17, 15) is 8.78 Å². The van der Waals surface area contributed by atoms with Crippen molar-refractivity contribution in [1.29, 1.82) is 0 Å². The van der Waals surface area contributed by atoms with Gasteiger partial charge in [-0.15, -0.1) is 8.78 Å². The van der Waals surface area contributed by atoms with Gasteiger partial charge in [-0.05, 0) is 30.7 Å². The minimum Gasteiger partial charge on any atom is -0.395 e. The minimum absolute atomic E-state index is 0.00923. The van der Waals surface area contributed by atoms with Gasteiger partial charge in [0, 0.05) is 6.04 Å². The van der Waals surface area contributed by atoms with E-state index < -0.39 is 6.29 Å². The van der Waals surface area contributed by atoms with Gasteiger partial charge in [0.05, 0.1) is 0 Å². The van der Waals surface area contributed by atoms with Crippen LogP contribution in [0.3, 0.4) is 0 Å². The fourth-order valence-corrected chi connectivity index (χ4v) is 1.54. The Hall–Kier alpha value is -1.40. The monoisotopic (exact) mass is 230 g/mol. The summed E-state index contributed by atoms with van der Waals surface area (Å²) in [5.41, 5.74) is 11.9. The first-order chi connectivity index (χ1) is 7.52. The van der Waals surface area contributed by atoms with E-state index in [1.807, 2.05) is 0 Å². The molecule has 0 saturated heterocycles. The van der Waals surface area contributed by atoms with Crippen molar-refractivity contribution in [3.05, 3.63) is 23.8 Å². The number of fused-ring (bicyclic) bond motifs is 1. The van der Waals surface area contributed by atoms with E-state index in [0.29, 0.717) is 18.5 Å². The van der Waals surface area contributed by atoms with E-state index >= 15 is 0 Å². The highest BCUT2D eigenvalue weighted by Crippen LogP contribution is 2.41. The molecular weight excluding hydrogens is 218 g/mol. The molecule has 0 radical (unpaired) electrons. The number of nitrogens with two attached hydrogens (primary N) is 2. The van der Waals surface area contributed by atoms with Gasteiger partial charge in [0.15, 0.2) is 11.5 Å². The second kappa shape index (κ2) is 3.88. The van der Waals surface area contributed by atoms with Gasteiger partial charge in [0.1, 0.15) is 0 Å². The maximum Gasteiger partial charge on any atom is 0.586 e. The maximum absolute atomic E-state index is 12.7. The third-order valence-corrected chi connectivity index (χ3v) is 2.33. The van der Waals surface area contributed by atoms with Crippen LogP contribution in [0.5, 0.6) is 11.5 Å². The summed E-state index contributed by atoms with van der Waals surface area (Å²) < 4.78 is 34.0. The van der Waals surface area contributed by atoms with E-state index in [0.717, 1.165) is 0 Å². The van der Waals surface area contributed by atoms with Crippen LogP contribution in [-0.4, -0.2) is 12.8 Å². The lowest BCUT2D eigenvalue weighted by Crippen LogP contribution is -2.25. The van der Waals surface area contributed by atoms with Crippen molar-refractivity contribution < 1.29 is 18.3 Å². The number of rotatable bonds is 3. The summed E-state index contributed by atoms with van der Waals surface area (Å²) in [6, 6.07) is 4.22. The number of benzene rings is 1. The minimum atomic E-state index is -3.58. The second-order valence-electron chi connectivity index (χ2n) is 3.56. The average molecular weight is 230 g/mol. The summed E-state index contributed by atoms with van der Waals surface area (Å²) in [5, 5.41) is 0. The zero-order chi connectivity index (χ0) is 11.8. The molecule has 16 heavy (non-hydrogen) atoms. The predicted octanol–water partition coefficient (Wildman–Crippen LogP) is 1.36. The molecular formula is C10H12F2N2O2. The molecule has 0 aliphatic carbocycles. The Labute approximate surface area is 91.1 Å². The van der Waals surface area contributed by atoms with Crippen molar-refractivity contribution in [2.24, 2.45) is 11.5 Å². The highest BCUT2D eigenvalue weighted by atomic mass is 19.3. The summed E-state index contributed by atoms with van der Waals surface area (Å²) in [4.78, 5) is 0. The fourth-order valence-electron chi connectivity index (χ4n) is 1.54. The summed E-state index contributed by atoms with van der Waals surface area (Å²) in [5.74, 6) is 0.0312. The van der Waals surface area contributed by atoms with Crippen LogP contribution in [0.2, 0.25) is 0 Å². The van der Waals surface area contributed by atoms with Crippen molar-refractivity contribution in [3.63, 3.8) is 0 Å².